The second-order valence-corrected chi connectivity index (χ2v) is 5.60. The topological polar surface area (TPSA) is 18.5 Å². The summed E-state index contributed by atoms with van der Waals surface area (Å²) in [5.41, 5.74) is 1.66. The fourth-order valence-corrected chi connectivity index (χ4v) is 3.19. The van der Waals surface area contributed by atoms with E-state index in [1.165, 1.54) is 18.4 Å². The quantitative estimate of drug-likeness (QED) is 0.662. The molecule has 1 rings (SSSR count). The molecule has 1 aliphatic rings. The van der Waals surface area contributed by atoms with Crippen molar-refractivity contribution in [3.63, 3.8) is 0 Å². The second-order valence-electron chi connectivity index (χ2n) is 5.60. The Morgan fingerprint density at radius 2 is 2.00 bits per heavy atom. The summed E-state index contributed by atoms with van der Waals surface area (Å²) in [5.74, 6) is 0. The van der Waals surface area contributed by atoms with Crippen LogP contribution >= 0.6 is 0 Å². The maximum absolute atomic E-state index is 5.65. The van der Waals surface area contributed by atoms with E-state index in [1.54, 1.807) is 0 Å². The Balaban J connectivity index is 2.78. The molecular weight excluding hydrogens is 224 g/mol. The van der Waals surface area contributed by atoms with Crippen molar-refractivity contribution in [1.82, 2.24) is 0 Å². The van der Waals surface area contributed by atoms with Gasteiger partial charge in [-0.2, -0.15) is 0 Å². The highest BCUT2D eigenvalue weighted by molar-refractivity contribution is 5.11. The minimum absolute atomic E-state index is 0.271. The van der Waals surface area contributed by atoms with Crippen molar-refractivity contribution in [1.29, 1.82) is 0 Å². The number of ether oxygens (including phenoxy) is 2. The molecule has 0 aromatic heterocycles. The molecule has 104 valence electrons. The molecule has 0 amide bonds. The maximum atomic E-state index is 5.65. The number of methoxy groups -OCH3 is 2. The zero-order valence-corrected chi connectivity index (χ0v) is 12.4. The van der Waals surface area contributed by atoms with Gasteiger partial charge in [-0.3, -0.25) is 0 Å². The van der Waals surface area contributed by atoms with Crippen LogP contribution in [0.15, 0.2) is 24.3 Å². The normalized spacial score (nSPS) is 31.1. The van der Waals surface area contributed by atoms with Crippen molar-refractivity contribution in [3.05, 3.63) is 24.3 Å². The van der Waals surface area contributed by atoms with E-state index < -0.39 is 0 Å². The smallest absolute Gasteiger partial charge is 0.0602 e. The van der Waals surface area contributed by atoms with Gasteiger partial charge in [-0.15, -0.1) is 0 Å². The van der Waals surface area contributed by atoms with E-state index in [-0.39, 0.29) is 5.41 Å². The molecule has 0 N–H and O–H groups in total. The van der Waals surface area contributed by atoms with E-state index in [0.717, 1.165) is 19.3 Å². The average Bonchev–Trinajstić information content (AvgIpc) is 2.38. The molecule has 0 aromatic carbocycles. The molecule has 1 aliphatic carbocycles. The molecule has 18 heavy (non-hydrogen) atoms. The lowest BCUT2D eigenvalue weighted by molar-refractivity contribution is -0.0536. The molecule has 0 aliphatic heterocycles. The second kappa shape index (κ2) is 7.10. The van der Waals surface area contributed by atoms with E-state index in [4.69, 9.17) is 9.47 Å². The first-order chi connectivity index (χ1) is 8.57. The van der Waals surface area contributed by atoms with E-state index in [9.17, 15) is 0 Å². The molecule has 0 aromatic rings. The molecule has 1 fully saturated rings. The standard InChI is InChI=1S/C16H28O2/c1-6-7-13(2)12-16(14(3)17-4)10-8-15(18-5)9-11-16/h6-7,14-15H,1,8-12H2,2-5H3/b13-7+. The third-order valence-corrected chi connectivity index (χ3v) is 4.51. The Kier molecular flexibility index (Phi) is 6.10. The van der Waals surface area contributed by atoms with E-state index in [0.29, 0.717) is 12.2 Å². The summed E-state index contributed by atoms with van der Waals surface area (Å²) in [7, 11) is 3.64. The van der Waals surface area contributed by atoms with Gasteiger partial charge in [-0.1, -0.05) is 24.3 Å². The Morgan fingerprint density at radius 3 is 2.44 bits per heavy atom. The van der Waals surface area contributed by atoms with Crippen LogP contribution in [0, 0.1) is 5.41 Å². The predicted molar refractivity (Wildman–Crippen MR) is 76.7 cm³/mol. The van der Waals surface area contributed by atoms with Crippen molar-refractivity contribution in [3.8, 4) is 0 Å². The van der Waals surface area contributed by atoms with Crippen LogP contribution in [0.25, 0.3) is 0 Å². The summed E-state index contributed by atoms with van der Waals surface area (Å²) in [6, 6.07) is 0. The van der Waals surface area contributed by atoms with Crippen LogP contribution in [0.4, 0.5) is 0 Å². The van der Waals surface area contributed by atoms with Crippen LogP contribution in [0.3, 0.4) is 0 Å². The minimum atomic E-state index is 0.271. The highest BCUT2D eigenvalue weighted by atomic mass is 16.5. The number of allylic oxidation sites excluding steroid dienone is 3. The van der Waals surface area contributed by atoms with E-state index >= 15 is 0 Å². The van der Waals surface area contributed by atoms with Gasteiger partial charge in [0.25, 0.3) is 0 Å². The van der Waals surface area contributed by atoms with Crippen LogP contribution < -0.4 is 0 Å². The first kappa shape index (κ1) is 15.5. The molecule has 1 unspecified atom stereocenters. The fraction of sp³-hybridized carbons (Fsp3) is 0.750. The number of hydrogen-bond acceptors (Lipinski definition) is 2. The summed E-state index contributed by atoms with van der Waals surface area (Å²) in [4.78, 5) is 0. The fourth-order valence-electron chi connectivity index (χ4n) is 3.19. The molecule has 0 spiro atoms. The van der Waals surface area contributed by atoms with Crippen LogP contribution in [0.5, 0.6) is 0 Å². The molecule has 0 radical (unpaired) electrons. The summed E-state index contributed by atoms with van der Waals surface area (Å²) in [6.45, 7) is 8.17. The molecule has 0 saturated heterocycles. The van der Waals surface area contributed by atoms with Gasteiger partial charge < -0.3 is 9.47 Å². The van der Waals surface area contributed by atoms with E-state index in [2.05, 4.69) is 26.5 Å². The summed E-state index contributed by atoms with van der Waals surface area (Å²) < 4.78 is 11.1. The molecule has 2 heteroatoms. The van der Waals surface area contributed by atoms with Crippen molar-refractivity contribution >= 4 is 0 Å². The van der Waals surface area contributed by atoms with Crippen LogP contribution in [-0.4, -0.2) is 26.4 Å². The van der Waals surface area contributed by atoms with Gasteiger partial charge in [0.15, 0.2) is 0 Å². The van der Waals surface area contributed by atoms with Crippen molar-refractivity contribution in [2.45, 2.75) is 58.2 Å². The monoisotopic (exact) mass is 252 g/mol. The molecule has 1 atom stereocenters. The summed E-state index contributed by atoms with van der Waals surface area (Å²) >= 11 is 0. The van der Waals surface area contributed by atoms with Crippen molar-refractivity contribution < 1.29 is 9.47 Å². The minimum Gasteiger partial charge on any atom is -0.381 e. The molecule has 1 saturated carbocycles. The lowest BCUT2D eigenvalue weighted by atomic mass is 9.66. The number of hydrogen-bond donors (Lipinski definition) is 0. The van der Waals surface area contributed by atoms with Gasteiger partial charge in [-0.25, -0.2) is 0 Å². The predicted octanol–water partition coefficient (Wildman–Crippen LogP) is 4.12. The average molecular weight is 252 g/mol. The van der Waals surface area contributed by atoms with Gasteiger partial charge in [0.05, 0.1) is 12.2 Å². The summed E-state index contributed by atoms with van der Waals surface area (Å²) in [6.07, 6.45) is 10.5. The van der Waals surface area contributed by atoms with Crippen molar-refractivity contribution in [2.75, 3.05) is 14.2 Å². The SMILES string of the molecule is C=C/C=C(\C)CC1(C(C)OC)CCC(OC)CC1. The first-order valence-electron chi connectivity index (χ1n) is 6.91. The van der Waals surface area contributed by atoms with Gasteiger partial charge in [0, 0.05) is 19.6 Å². The highest BCUT2D eigenvalue weighted by Gasteiger charge is 2.40. The third-order valence-electron chi connectivity index (χ3n) is 4.51. The molecule has 0 heterocycles. The van der Waals surface area contributed by atoms with Crippen LogP contribution in [-0.2, 0) is 9.47 Å². The van der Waals surface area contributed by atoms with E-state index in [1.807, 2.05) is 20.3 Å². The highest BCUT2D eigenvalue weighted by Crippen LogP contribution is 2.45. The maximum Gasteiger partial charge on any atom is 0.0602 e. The Labute approximate surface area is 112 Å². The lowest BCUT2D eigenvalue weighted by Crippen LogP contribution is -2.40. The Bertz CT molecular complexity index is 285. The summed E-state index contributed by atoms with van der Waals surface area (Å²) in [5, 5.41) is 0. The molecule has 2 nitrogen and oxygen atoms in total. The zero-order valence-electron chi connectivity index (χ0n) is 12.4. The third kappa shape index (κ3) is 3.69. The van der Waals surface area contributed by atoms with Gasteiger partial charge >= 0.3 is 0 Å². The first-order valence-corrected chi connectivity index (χ1v) is 6.91. The molecule has 0 bridgehead atoms. The largest absolute Gasteiger partial charge is 0.381 e. The van der Waals surface area contributed by atoms with Gasteiger partial charge in [0.2, 0.25) is 0 Å². The zero-order chi connectivity index (χ0) is 13.6. The number of rotatable bonds is 6. The van der Waals surface area contributed by atoms with Gasteiger partial charge in [-0.05, 0) is 46.0 Å². The van der Waals surface area contributed by atoms with Gasteiger partial charge in [0.1, 0.15) is 0 Å². The van der Waals surface area contributed by atoms with Crippen LogP contribution in [0.2, 0.25) is 0 Å². The molecular formula is C16H28O2. The Hall–Kier alpha value is -0.600. The van der Waals surface area contributed by atoms with Crippen LogP contribution in [0.1, 0.15) is 46.0 Å². The lowest BCUT2D eigenvalue weighted by Gasteiger charge is -2.44. The van der Waals surface area contributed by atoms with Crippen molar-refractivity contribution in [2.24, 2.45) is 5.41 Å². The Morgan fingerprint density at radius 1 is 1.39 bits per heavy atom.